The molecule has 1 aromatic heterocycles. The van der Waals surface area contributed by atoms with Gasteiger partial charge in [-0.1, -0.05) is 13.5 Å². The van der Waals surface area contributed by atoms with Crippen molar-refractivity contribution in [1.29, 1.82) is 0 Å². The zero-order valence-electron chi connectivity index (χ0n) is 11.5. The fourth-order valence-electron chi connectivity index (χ4n) is 2.40. The molecule has 3 heterocycles. The molecule has 102 valence electrons. The van der Waals surface area contributed by atoms with Gasteiger partial charge >= 0.3 is 0 Å². The highest BCUT2D eigenvalue weighted by Gasteiger charge is 2.04. The summed E-state index contributed by atoms with van der Waals surface area (Å²) < 4.78 is 0. The Morgan fingerprint density at radius 2 is 2.15 bits per heavy atom. The first-order valence-electron chi connectivity index (χ1n) is 6.59. The van der Waals surface area contributed by atoms with Crippen LogP contribution in [0, 0.1) is 17.6 Å². The number of nitrogens with one attached hydrogen (secondary N) is 2. The highest BCUT2D eigenvalue weighted by atomic mass is 32.1. The lowest BCUT2D eigenvalue weighted by atomic mass is 10.2. The van der Waals surface area contributed by atoms with E-state index < -0.39 is 0 Å². The van der Waals surface area contributed by atoms with Gasteiger partial charge in [-0.3, -0.25) is 4.79 Å². The van der Waals surface area contributed by atoms with Crippen LogP contribution in [0.5, 0.6) is 0 Å². The molecule has 0 atom stereocenters. The maximum absolute atomic E-state index is 12.1. The molecule has 0 bridgehead atoms. The number of hydrogen-bond acceptors (Lipinski definition) is 2. The number of thiophene rings is 1. The highest BCUT2D eigenvalue weighted by molar-refractivity contribution is 7.13. The van der Waals surface area contributed by atoms with Gasteiger partial charge in [-0.15, -0.1) is 11.3 Å². The van der Waals surface area contributed by atoms with E-state index in [1.165, 1.54) is 10.4 Å². The van der Waals surface area contributed by atoms with Gasteiger partial charge in [0.25, 0.3) is 5.56 Å². The second-order valence-corrected chi connectivity index (χ2v) is 6.06. The van der Waals surface area contributed by atoms with E-state index in [0.717, 1.165) is 27.3 Å². The number of H-pyrrole nitrogens is 2. The lowest BCUT2D eigenvalue weighted by molar-refractivity contribution is 1.15. The van der Waals surface area contributed by atoms with Crippen LogP contribution in [0.4, 0.5) is 0 Å². The fourth-order valence-corrected chi connectivity index (χ4v) is 3.47. The van der Waals surface area contributed by atoms with E-state index in [1.807, 2.05) is 18.2 Å². The highest BCUT2D eigenvalue weighted by Crippen LogP contribution is 2.22. The number of aromatic nitrogens is 2. The zero-order valence-corrected chi connectivity index (χ0v) is 12.4. The zero-order chi connectivity index (χ0) is 14.3. The van der Waals surface area contributed by atoms with E-state index in [2.05, 4.69) is 36.5 Å². The monoisotopic (exact) mass is 284 g/mol. The van der Waals surface area contributed by atoms with Crippen molar-refractivity contribution in [3.8, 4) is 0 Å². The molecule has 2 aliphatic heterocycles. The van der Waals surface area contributed by atoms with Crippen LogP contribution in [0.1, 0.15) is 22.2 Å². The van der Waals surface area contributed by atoms with Gasteiger partial charge in [0.2, 0.25) is 0 Å². The minimum absolute atomic E-state index is 0.0639. The summed E-state index contributed by atoms with van der Waals surface area (Å²) in [6.07, 6.45) is 2.98. The molecular formula is C16H16N2OS. The first-order chi connectivity index (χ1) is 9.58. The maximum Gasteiger partial charge on any atom is 0.257 e. The summed E-state index contributed by atoms with van der Waals surface area (Å²) in [5, 5.41) is 3.11. The quantitative estimate of drug-likeness (QED) is 0.738. The minimum Gasteiger partial charge on any atom is -0.354 e. The molecule has 1 aromatic rings. The van der Waals surface area contributed by atoms with Crippen molar-refractivity contribution in [2.75, 3.05) is 0 Å². The van der Waals surface area contributed by atoms with Crippen molar-refractivity contribution >= 4 is 24.0 Å². The topological polar surface area (TPSA) is 48.6 Å². The molecular weight excluding hydrogens is 268 g/mol. The molecule has 20 heavy (non-hydrogen) atoms. The third-order valence-corrected chi connectivity index (χ3v) is 4.74. The van der Waals surface area contributed by atoms with Crippen molar-refractivity contribution in [3.63, 3.8) is 0 Å². The van der Waals surface area contributed by atoms with Crippen LogP contribution in [0.25, 0.3) is 12.7 Å². The van der Waals surface area contributed by atoms with Gasteiger partial charge in [0.1, 0.15) is 0 Å². The average Bonchev–Trinajstić information content (AvgIpc) is 2.91. The van der Waals surface area contributed by atoms with Crippen molar-refractivity contribution in [3.05, 3.63) is 65.1 Å². The molecule has 3 rings (SSSR count). The maximum atomic E-state index is 12.1. The van der Waals surface area contributed by atoms with E-state index in [1.54, 1.807) is 11.3 Å². The third kappa shape index (κ3) is 2.12. The predicted molar refractivity (Wildman–Crippen MR) is 83.5 cm³/mol. The van der Waals surface area contributed by atoms with Gasteiger partial charge in [0, 0.05) is 15.1 Å². The Hall–Kier alpha value is -2.07. The summed E-state index contributed by atoms with van der Waals surface area (Å²) in [5.41, 5.74) is 1.23. The van der Waals surface area contributed by atoms with Gasteiger partial charge < -0.3 is 9.97 Å². The molecule has 2 N–H and O–H groups in total. The van der Waals surface area contributed by atoms with Crippen LogP contribution < -0.4 is 16.1 Å². The van der Waals surface area contributed by atoms with Gasteiger partial charge in [-0.25, -0.2) is 0 Å². The van der Waals surface area contributed by atoms with Crippen LogP contribution in [-0.2, 0) is 6.42 Å². The molecule has 0 saturated heterocycles. The summed E-state index contributed by atoms with van der Waals surface area (Å²) in [6.45, 7) is 8.14. The van der Waals surface area contributed by atoms with Gasteiger partial charge in [-0.05, 0) is 43.2 Å². The molecule has 0 aliphatic carbocycles. The van der Waals surface area contributed by atoms with Crippen LogP contribution in [0.2, 0.25) is 0 Å². The number of aryl methyl sites for hydroxylation is 2. The van der Waals surface area contributed by atoms with Crippen LogP contribution in [0.15, 0.2) is 23.0 Å². The molecule has 0 saturated carbocycles. The molecule has 0 spiro atoms. The number of hydrogen-bond donors (Lipinski definition) is 2. The van der Waals surface area contributed by atoms with Gasteiger partial charge in [0.05, 0.1) is 15.9 Å². The second kappa shape index (κ2) is 4.80. The summed E-state index contributed by atoms with van der Waals surface area (Å²) in [5.74, 6) is 0. The molecule has 0 aromatic carbocycles. The van der Waals surface area contributed by atoms with E-state index in [-0.39, 0.29) is 5.56 Å². The standard InChI is InChI=1S/C16H16N2OS/c1-4-14-9(2)7-11(20-14)8-12-15-13(18-16(12)19)6-5-10(3)17-15/h5-8,17H,3-4H2,1-2H3,(H,18,19). The van der Waals surface area contributed by atoms with Crippen molar-refractivity contribution in [2.45, 2.75) is 20.3 Å². The SMILES string of the molecule is C=c1ccc2[nH]c(=O)c(=Cc3cc(C)c(CC)s3)c=2[nH]1. The van der Waals surface area contributed by atoms with Crippen LogP contribution >= 0.6 is 11.3 Å². The molecule has 2 aliphatic rings. The Bertz CT molecular complexity index is 991. The smallest absolute Gasteiger partial charge is 0.257 e. The lowest BCUT2D eigenvalue weighted by Crippen LogP contribution is -2.23. The van der Waals surface area contributed by atoms with E-state index in [0.29, 0.717) is 5.22 Å². The Kier molecular flexibility index (Phi) is 3.10. The Balaban J connectivity index is 2.33. The molecule has 0 radical (unpaired) electrons. The normalized spacial score (nSPS) is 12.4. The molecule has 0 unspecified atom stereocenters. The predicted octanol–water partition coefficient (Wildman–Crippen LogP) is 1.60. The number of aromatic amines is 2. The Morgan fingerprint density at radius 3 is 2.85 bits per heavy atom. The largest absolute Gasteiger partial charge is 0.354 e. The minimum atomic E-state index is -0.0639. The van der Waals surface area contributed by atoms with Crippen LogP contribution in [0.3, 0.4) is 0 Å². The van der Waals surface area contributed by atoms with Crippen molar-refractivity contribution < 1.29 is 0 Å². The summed E-state index contributed by atoms with van der Waals surface area (Å²) in [7, 11) is 0. The van der Waals surface area contributed by atoms with Crippen molar-refractivity contribution in [1.82, 2.24) is 9.97 Å². The van der Waals surface area contributed by atoms with Crippen LogP contribution in [-0.4, -0.2) is 9.97 Å². The van der Waals surface area contributed by atoms with Gasteiger partial charge in [0.15, 0.2) is 0 Å². The second-order valence-electron chi connectivity index (χ2n) is 4.89. The van der Waals surface area contributed by atoms with Gasteiger partial charge in [-0.2, -0.15) is 0 Å². The summed E-state index contributed by atoms with van der Waals surface area (Å²) in [4.78, 5) is 20.6. The number of rotatable bonds is 2. The first kappa shape index (κ1) is 12.9. The average molecular weight is 284 g/mol. The third-order valence-electron chi connectivity index (χ3n) is 3.42. The van der Waals surface area contributed by atoms with E-state index in [4.69, 9.17) is 0 Å². The summed E-state index contributed by atoms with van der Waals surface area (Å²) in [6, 6.07) is 5.87. The Labute approximate surface area is 120 Å². The lowest BCUT2D eigenvalue weighted by Gasteiger charge is -1.88. The first-order valence-corrected chi connectivity index (χ1v) is 7.41. The fraction of sp³-hybridized carbons (Fsp3) is 0.188. The van der Waals surface area contributed by atoms with Crippen molar-refractivity contribution in [2.24, 2.45) is 0 Å². The molecule has 4 heteroatoms. The van der Waals surface area contributed by atoms with E-state index >= 15 is 0 Å². The molecule has 0 amide bonds. The van der Waals surface area contributed by atoms with E-state index in [9.17, 15) is 4.79 Å². The molecule has 3 nitrogen and oxygen atoms in total. The summed E-state index contributed by atoms with van der Waals surface area (Å²) >= 11 is 1.74. The Morgan fingerprint density at radius 1 is 1.35 bits per heavy atom. The molecule has 0 fully saturated rings.